The molecular formula is C55H71N7O8S. The quantitative estimate of drug-likeness (QED) is 0.0991. The van der Waals surface area contributed by atoms with Gasteiger partial charge in [-0.3, -0.25) is 14.8 Å². The van der Waals surface area contributed by atoms with E-state index in [1.165, 1.54) is 11.3 Å². The molecule has 5 aliphatic rings. The van der Waals surface area contributed by atoms with Crippen LogP contribution in [0.15, 0.2) is 54.7 Å². The Labute approximate surface area is 421 Å². The van der Waals surface area contributed by atoms with Gasteiger partial charge in [-0.15, -0.1) is 0 Å². The van der Waals surface area contributed by atoms with Crippen molar-refractivity contribution in [2.45, 2.75) is 137 Å². The van der Waals surface area contributed by atoms with Crippen LogP contribution in [0.5, 0.6) is 5.75 Å². The van der Waals surface area contributed by atoms with Crippen molar-refractivity contribution in [2.24, 2.45) is 16.2 Å². The van der Waals surface area contributed by atoms with Gasteiger partial charge in [0.05, 0.1) is 42.3 Å². The number of rotatable bonds is 15. The minimum atomic E-state index is -0.766. The summed E-state index contributed by atoms with van der Waals surface area (Å²) >= 11 is 1.43. The summed E-state index contributed by atoms with van der Waals surface area (Å²) in [5.41, 5.74) is 4.20. The molecule has 0 spiro atoms. The van der Waals surface area contributed by atoms with E-state index in [-0.39, 0.29) is 39.5 Å². The van der Waals surface area contributed by atoms with Gasteiger partial charge in [-0.1, -0.05) is 37.3 Å². The second kappa shape index (κ2) is 18.8. The molecule has 1 aliphatic heterocycles. The molecule has 4 fully saturated rings. The van der Waals surface area contributed by atoms with Crippen molar-refractivity contribution < 1.29 is 38.1 Å². The molecule has 4 bridgehead atoms. The number of hydrogen-bond donors (Lipinski definition) is 1. The fraction of sp³-hybridized carbons (Fsp3) is 0.564. The molecule has 71 heavy (non-hydrogen) atoms. The predicted molar refractivity (Wildman–Crippen MR) is 275 cm³/mol. The monoisotopic (exact) mass is 990 g/mol. The second-order valence-corrected chi connectivity index (χ2v) is 24.5. The number of pyridine rings is 1. The number of nitrogens with zero attached hydrogens (tertiary/aromatic N) is 6. The minimum absolute atomic E-state index is 0.0688. The van der Waals surface area contributed by atoms with Gasteiger partial charge >= 0.3 is 12.1 Å². The van der Waals surface area contributed by atoms with E-state index in [0.29, 0.717) is 74.4 Å². The number of amides is 2. The third-order valence-corrected chi connectivity index (χ3v) is 15.6. The zero-order valence-corrected chi connectivity index (χ0v) is 44.3. The van der Waals surface area contributed by atoms with Gasteiger partial charge in [-0.2, -0.15) is 5.10 Å². The average Bonchev–Trinajstić information content (AvgIpc) is 3.85. The van der Waals surface area contributed by atoms with Gasteiger partial charge in [-0.05, 0) is 152 Å². The third kappa shape index (κ3) is 10.7. The van der Waals surface area contributed by atoms with Crippen LogP contribution in [0.4, 0.5) is 15.7 Å². The first kappa shape index (κ1) is 50.4. The van der Waals surface area contributed by atoms with E-state index in [2.05, 4.69) is 40.7 Å². The van der Waals surface area contributed by atoms with Crippen LogP contribution in [-0.2, 0) is 38.5 Å². The molecule has 4 heterocycles. The molecule has 3 aromatic heterocycles. The maximum absolute atomic E-state index is 14.3. The van der Waals surface area contributed by atoms with Crippen LogP contribution >= 0.6 is 11.3 Å². The van der Waals surface area contributed by atoms with Crippen LogP contribution in [-0.4, -0.2) is 106 Å². The lowest BCUT2D eigenvalue weighted by molar-refractivity contribution is -0.248. The number of esters is 1. The number of nitrogens with one attached hydrogen (secondary N) is 1. The van der Waals surface area contributed by atoms with Crippen molar-refractivity contribution in [3.05, 3.63) is 82.8 Å². The molecule has 2 unspecified atom stereocenters. The molecule has 2 atom stereocenters. The summed E-state index contributed by atoms with van der Waals surface area (Å²) in [5, 5.41) is 8.63. The Morgan fingerprint density at radius 2 is 1.54 bits per heavy atom. The van der Waals surface area contributed by atoms with E-state index in [9.17, 15) is 14.4 Å². The summed E-state index contributed by atoms with van der Waals surface area (Å²) in [5.74, 6) is 0.542. The Morgan fingerprint density at radius 3 is 2.23 bits per heavy atom. The largest absolute Gasteiger partial charge is 0.496 e. The number of fused-ring (bicyclic) bond motifs is 2. The Bertz CT molecular complexity index is 2790. The summed E-state index contributed by atoms with van der Waals surface area (Å²) in [6, 6.07) is 15.4. The van der Waals surface area contributed by atoms with Crippen LogP contribution in [0.2, 0.25) is 0 Å². The van der Waals surface area contributed by atoms with Crippen LogP contribution < -0.4 is 15.0 Å². The highest BCUT2D eigenvalue weighted by atomic mass is 32.1. The highest BCUT2D eigenvalue weighted by molar-refractivity contribution is 7.22. The summed E-state index contributed by atoms with van der Waals surface area (Å²) in [7, 11) is 3.28. The Morgan fingerprint density at radius 1 is 0.817 bits per heavy atom. The number of thiazole rings is 1. The normalized spacial score (nSPS) is 23.7. The Balaban J connectivity index is 0.976. The summed E-state index contributed by atoms with van der Waals surface area (Å²) in [6.45, 7) is 21.5. The van der Waals surface area contributed by atoms with Crippen LogP contribution in [0.1, 0.15) is 132 Å². The van der Waals surface area contributed by atoms with E-state index < -0.39 is 17.2 Å². The lowest BCUT2D eigenvalue weighted by Gasteiger charge is -2.69. The number of carbonyl (C=O) groups excluding carboxylic acids is 3. The number of anilines is 2. The zero-order chi connectivity index (χ0) is 50.7. The smallest absolute Gasteiger partial charge is 0.410 e. The molecule has 15 nitrogen and oxygen atoms in total. The van der Waals surface area contributed by atoms with E-state index >= 15 is 0 Å². The second-order valence-electron chi connectivity index (χ2n) is 23.4. The number of aromatic nitrogens is 4. The van der Waals surface area contributed by atoms with Gasteiger partial charge in [0.25, 0.3) is 5.91 Å². The van der Waals surface area contributed by atoms with Gasteiger partial charge in [0.15, 0.2) is 10.8 Å². The fourth-order valence-electron chi connectivity index (χ4n) is 13.2. The number of carbonyl (C=O) groups is 3. The standard InChI is InChI=1S/C55H71N7O8S/c1-35-39(26-56-62(35)34-54-29-52(8)28-53(9,30-54)32-55(31-52,33-54)68-25-23-60(22-24-66-10)49(65)70-51(5,6)7)37-17-19-44(58-45(37)47(64)69-50(2,3)4)61-21-20-36-40(27-61)38(16-18-42(36)67-11)46(63)59-48-57-41-14-12-13-15-43(41)71-48/h12-19,26H,20-25,27-34H2,1-11H3,(H,57,59,63). The topological polar surface area (TPSA) is 159 Å². The lowest BCUT2D eigenvalue weighted by atomic mass is 9.39. The zero-order valence-electron chi connectivity index (χ0n) is 43.5. The van der Waals surface area contributed by atoms with Gasteiger partial charge in [-0.25, -0.2) is 19.6 Å². The highest BCUT2D eigenvalue weighted by Crippen LogP contribution is 2.72. The average molecular weight is 990 g/mol. The molecule has 1 N–H and O–H groups in total. The molecule has 380 valence electrons. The molecule has 16 heteroatoms. The van der Waals surface area contributed by atoms with Gasteiger partial charge < -0.3 is 33.5 Å². The summed E-state index contributed by atoms with van der Waals surface area (Å²) in [4.78, 5) is 55.1. The predicted octanol–water partition coefficient (Wildman–Crippen LogP) is 10.7. The van der Waals surface area contributed by atoms with E-state index in [1.807, 2.05) is 90.2 Å². The van der Waals surface area contributed by atoms with Crippen LogP contribution in [0.25, 0.3) is 21.3 Å². The minimum Gasteiger partial charge on any atom is -0.496 e. The Hall–Kier alpha value is -5.58. The van der Waals surface area contributed by atoms with Gasteiger partial charge in [0, 0.05) is 67.8 Å². The van der Waals surface area contributed by atoms with Crippen molar-refractivity contribution in [3.63, 3.8) is 0 Å². The third-order valence-electron chi connectivity index (χ3n) is 14.7. The summed E-state index contributed by atoms with van der Waals surface area (Å²) in [6.07, 6.45) is 8.27. The van der Waals surface area contributed by atoms with E-state index in [1.54, 1.807) is 25.2 Å². The summed E-state index contributed by atoms with van der Waals surface area (Å²) < 4.78 is 33.1. The molecule has 0 radical (unpaired) electrons. The molecule has 2 amide bonds. The lowest BCUT2D eigenvalue weighted by Crippen LogP contribution is -2.64. The maximum Gasteiger partial charge on any atom is 0.410 e. The number of benzene rings is 2. The SMILES string of the molecule is COCCN(CCOC12CC3(C)CC(C)(CC(Cn4ncc(-c5ccc(N6CCc7c(OC)ccc(C(=O)Nc8nc9ccccc9s8)c7C6)nc5C(=O)OC(C)(C)C)c4C)(C3)C1)C2)C(=O)OC(C)(C)C. The first-order valence-corrected chi connectivity index (χ1v) is 25.8. The van der Waals surface area contributed by atoms with Crippen LogP contribution in [0.3, 0.4) is 0 Å². The first-order valence-electron chi connectivity index (χ1n) is 25.0. The van der Waals surface area contributed by atoms with E-state index in [0.717, 1.165) is 76.9 Å². The van der Waals surface area contributed by atoms with Crippen molar-refractivity contribution >= 4 is 50.5 Å². The molecular weight excluding hydrogens is 919 g/mol. The van der Waals surface area contributed by atoms with Crippen molar-refractivity contribution in [2.75, 3.05) is 57.3 Å². The van der Waals surface area contributed by atoms with Gasteiger partial charge in [0.2, 0.25) is 0 Å². The molecule has 2 aromatic carbocycles. The van der Waals surface area contributed by atoms with Gasteiger partial charge in [0.1, 0.15) is 22.8 Å². The number of methoxy groups -OCH3 is 2. The maximum atomic E-state index is 14.3. The molecule has 0 saturated heterocycles. The van der Waals surface area contributed by atoms with Crippen molar-refractivity contribution in [1.82, 2.24) is 24.6 Å². The Kier molecular flexibility index (Phi) is 13.3. The molecule has 4 saturated carbocycles. The highest BCUT2D eigenvalue weighted by Gasteiger charge is 2.66. The molecule has 10 rings (SSSR count). The number of ether oxygens (including phenoxy) is 5. The fourth-order valence-corrected chi connectivity index (χ4v) is 14.1. The number of hydrogen-bond acceptors (Lipinski definition) is 13. The van der Waals surface area contributed by atoms with Crippen LogP contribution in [0, 0.1) is 23.2 Å². The molecule has 5 aromatic rings. The molecule has 4 aliphatic carbocycles. The van der Waals surface area contributed by atoms with Crippen molar-refractivity contribution in [3.8, 4) is 16.9 Å². The first-order chi connectivity index (χ1) is 33.5. The van der Waals surface area contributed by atoms with E-state index in [4.69, 9.17) is 33.8 Å². The number of para-hydroxylation sites is 1. The van der Waals surface area contributed by atoms with Crippen molar-refractivity contribution in [1.29, 1.82) is 0 Å².